The first-order chi connectivity index (χ1) is 15.8. The number of carbonyl (C=O) groups is 2. The third-order valence-electron chi connectivity index (χ3n) is 7.54. The average molecular weight is 461 g/mol. The van der Waals surface area contributed by atoms with Crippen LogP contribution in [0, 0.1) is 17.8 Å². The molecule has 1 N–H and O–H groups in total. The van der Waals surface area contributed by atoms with Crippen molar-refractivity contribution in [1.82, 2.24) is 10.2 Å². The zero-order valence-corrected chi connectivity index (χ0v) is 21.4. The summed E-state index contributed by atoms with van der Waals surface area (Å²) in [7, 11) is 3.33. The fraction of sp³-hybridized carbons (Fsp3) is 0.704. The molecule has 33 heavy (non-hydrogen) atoms. The highest BCUT2D eigenvalue weighted by molar-refractivity contribution is 5.80. The lowest BCUT2D eigenvalue weighted by Gasteiger charge is -2.35. The van der Waals surface area contributed by atoms with Crippen molar-refractivity contribution in [3.8, 4) is 0 Å². The Kier molecular flexibility index (Phi) is 11.3. The van der Waals surface area contributed by atoms with Crippen LogP contribution >= 0.6 is 0 Å². The lowest BCUT2D eigenvalue weighted by atomic mass is 9.87. The molecule has 1 saturated heterocycles. The highest BCUT2D eigenvalue weighted by atomic mass is 16.5. The molecular weight excluding hydrogens is 416 g/mol. The van der Waals surface area contributed by atoms with Crippen LogP contribution in [0.15, 0.2) is 30.3 Å². The Morgan fingerprint density at radius 2 is 1.82 bits per heavy atom. The van der Waals surface area contributed by atoms with E-state index in [0.29, 0.717) is 31.3 Å². The maximum absolute atomic E-state index is 13.3. The zero-order valence-electron chi connectivity index (χ0n) is 21.4. The number of nitrogens with zero attached hydrogens (tertiary/aromatic N) is 1. The molecule has 1 aromatic rings. The number of carbonyl (C=O) groups excluding carboxylic acids is 2. The molecule has 6 nitrogen and oxygen atoms in total. The van der Waals surface area contributed by atoms with E-state index in [1.54, 1.807) is 14.2 Å². The Morgan fingerprint density at radius 3 is 2.42 bits per heavy atom. The summed E-state index contributed by atoms with van der Waals surface area (Å²) in [5, 5.41) is 3.05. The molecule has 2 rings (SSSR count). The number of hydrogen-bond donors (Lipinski definition) is 1. The molecule has 1 fully saturated rings. The topological polar surface area (TPSA) is 67.9 Å². The largest absolute Gasteiger partial charge is 0.381 e. The number of nitrogens with one attached hydrogen (secondary N) is 1. The van der Waals surface area contributed by atoms with E-state index in [1.165, 1.54) is 5.56 Å². The highest BCUT2D eigenvalue weighted by Crippen LogP contribution is 2.29. The van der Waals surface area contributed by atoms with E-state index >= 15 is 0 Å². The SMILES string of the molecule is CCC(C)[C@H](C)C(CC(=O)N1CCC[C@H]1C(OC)C(C)C(=O)NCCc1ccccc1)OC. The molecule has 0 radical (unpaired) electrons. The summed E-state index contributed by atoms with van der Waals surface area (Å²) < 4.78 is 11.5. The van der Waals surface area contributed by atoms with Crippen molar-refractivity contribution >= 4 is 11.8 Å². The van der Waals surface area contributed by atoms with Gasteiger partial charge in [-0.25, -0.2) is 0 Å². The number of ether oxygens (including phenoxy) is 2. The molecule has 1 aromatic carbocycles. The minimum absolute atomic E-state index is 0.0303. The van der Waals surface area contributed by atoms with Crippen LogP contribution in [0.25, 0.3) is 0 Å². The van der Waals surface area contributed by atoms with Gasteiger partial charge in [0.2, 0.25) is 11.8 Å². The molecule has 1 aliphatic heterocycles. The summed E-state index contributed by atoms with van der Waals surface area (Å²) in [5.74, 6) is 0.512. The van der Waals surface area contributed by atoms with Crippen molar-refractivity contribution in [1.29, 1.82) is 0 Å². The Balaban J connectivity index is 1.97. The summed E-state index contributed by atoms with van der Waals surface area (Å²) in [4.78, 5) is 28.1. The zero-order chi connectivity index (χ0) is 24.4. The maximum atomic E-state index is 13.3. The Labute approximate surface area is 200 Å². The number of hydrogen-bond acceptors (Lipinski definition) is 4. The third kappa shape index (κ3) is 7.54. The molecular formula is C27H44N2O4. The first-order valence-corrected chi connectivity index (χ1v) is 12.5. The fourth-order valence-corrected chi connectivity index (χ4v) is 4.93. The Morgan fingerprint density at radius 1 is 1.12 bits per heavy atom. The molecule has 0 spiro atoms. The van der Waals surface area contributed by atoms with Gasteiger partial charge >= 0.3 is 0 Å². The van der Waals surface area contributed by atoms with Crippen molar-refractivity contribution in [2.75, 3.05) is 27.3 Å². The van der Waals surface area contributed by atoms with Crippen LogP contribution in [0.2, 0.25) is 0 Å². The van der Waals surface area contributed by atoms with Crippen molar-refractivity contribution in [3.05, 3.63) is 35.9 Å². The molecule has 0 saturated carbocycles. The summed E-state index contributed by atoms with van der Waals surface area (Å²) in [6, 6.07) is 10.0. The minimum atomic E-state index is -0.346. The van der Waals surface area contributed by atoms with E-state index in [1.807, 2.05) is 30.0 Å². The molecule has 0 bridgehead atoms. The predicted octanol–water partition coefficient (Wildman–Crippen LogP) is 4.07. The lowest BCUT2D eigenvalue weighted by Crippen LogP contribution is -2.50. The molecule has 1 heterocycles. The van der Waals surface area contributed by atoms with Gasteiger partial charge in [0.15, 0.2) is 0 Å². The second-order valence-electron chi connectivity index (χ2n) is 9.54. The number of likely N-dealkylation sites (tertiary alicyclic amines) is 1. The smallest absolute Gasteiger partial charge is 0.225 e. The quantitative estimate of drug-likeness (QED) is 0.482. The lowest BCUT2D eigenvalue weighted by molar-refractivity contribution is -0.142. The normalized spacial score (nSPS) is 20.7. The summed E-state index contributed by atoms with van der Waals surface area (Å²) in [6.07, 6.45) is 3.56. The van der Waals surface area contributed by atoms with Crippen LogP contribution in [0.3, 0.4) is 0 Å². The molecule has 0 aliphatic carbocycles. The second kappa shape index (κ2) is 13.7. The van der Waals surface area contributed by atoms with Crippen LogP contribution < -0.4 is 5.32 Å². The predicted molar refractivity (Wildman–Crippen MR) is 132 cm³/mol. The van der Waals surface area contributed by atoms with Crippen LogP contribution in [-0.4, -0.2) is 62.3 Å². The summed E-state index contributed by atoms with van der Waals surface area (Å²) in [6.45, 7) is 9.73. The van der Waals surface area contributed by atoms with Gasteiger partial charge in [-0.05, 0) is 36.7 Å². The average Bonchev–Trinajstić information content (AvgIpc) is 3.32. The number of amides is 2. The molecule has 6 atom stereocenters. The summed E-state index contributed by atoms with van der Waals surface area (Å²) >= 11 is 0. The number of rotatable bonds is 13. The fourth-order valence-electron chi connectivity index (χ4n) is 4.93. The van der Waals surface area contributed by atoms with Gasteiger partial charge in [0.05, 0.1) is 30.6 Å². The second-order valence-corrected chi connectivity index (χ2v) is 9.54. The van der Waals surface area contributed by atoms with Gasteiger partial charge < -0.3 is 19.7 Å². The van der Waals surface area contributed by atoms with Crippen molar-refractivity contribution in [3.63, 3.8) is 0 Å². The molecule has 0 aromatic heterocycles. The van der Waals surface area contributed by atoms with E-state index in [-0.39, 0.29) is 36.0 Å². The van der Waals surface area contributed by atoms with E-state index < -0.39 is 0 Å². The Hall–Kier alpha value is -1.92. The van der Waals surface area contributed by atoms with Crippen molar-refractivity contribution in [2.45, 2.75) is 78.0 Å². The van der Waals surface area contributed by atoms with Gasteiger partial charge in [-0.1, -0.05) is 64.4 Å². The molecule has 1 aliphatic rings. The standard InChI is InChI=1S/C27H44N2O4/c1-7-19(2)20(3)24(32-5)18-25(30)29-17-11-14-23(29)26(33-6)21(4)27(31)28-16-15-22-12-9-8-10-13-22/h8-10,12-13,19-21,23-24,26H,7,11,14-18H2,1-6H3,(H,28,31)/t19?,20-,21?,23-,24?,26?/m0/s1. The van der Waals surface area contributed by atoms with Gasteiger partial charge in [-0.15, -0.1) is 0 Å². The number of benzene rings is 1. The van der Waals surface area contributed by atoms with E-state index in [4.69, 9.17) is 9.47 Å². The molecule has 186 valence electrons. The van der Waals surface area contributed by atoms with Crippen LogP contribution in [0.4, 0.5) is 0 Å². The highest BCUT2D eigenvalue weighted by Gasteiger charge is 2.40. The van der Waals surface area contributed by atoms with Gasteiger partial charge in [0, 0.05) is 27.3 Å². The van der Waals surface area contributed by atoms with Crippen LogP contribution in [-0.2, 0) is 25.5 Å². The van der Waals surface area contributed by atoms with Gasteiger partial charge in [0.1, 0.15) is 0 Å². The first kappa shape index (κ1) is 27.3. The van der Waals surface area contributed by atoms with Crippen LogP contribution in [0.5, 0.6) is 0 Å². The molecule has 4 unspecified atom stereocenters. The molecule has 2 amide bonds. The maximum Gasteiger partial charge on any atom is 0.225 e. The number of methoxy groups -OCH3 is 2. The summed E-state index contributed by atoms with van der Waals surface area (Å²) in [5.41, 5.74) is 1.20. The Bertz CT molecular complexity index is 726. The van der Waals surface area contributed by atoms with Gasteiger partial charge in [0.25, 0.3) is 0 Å². The third-order valence-corrected chi connectivity index (χ3v) is 7.54. The van der Waals surface area contributed by atoms with Crippen molar-refractivity contribution < 1.29 is 19.1 Å². The van der Waals surface area contributed by atoms with Gasteiger partial charge in [-0.3, -0.25) is 9.59 Å². The van der Waals surface area contributed by atoms with E-state index in [0.717, 1.165) is 25.7 Å². The van der Waals surface area contributed by atoms with E-state index in [9.17, 15) is 9.59 Å². The first-order valence-electron chi connectivity index (χ1n) is 12.5. The monoisotopic (exact) mass is 460 g/mol. The molecule has 6 heteroatoms. The van der Waals surface area contributed by atoms with Crippen molar-refractivity contribution in [2.24, 2.45) is 17.8 Å². The van der Waals surface area contributed by atoms with E-state index in [2.05, 4.69) is 38.2 Å². The van der Waals surface area contributed by atoms with Gasteiger partial charge in [-0.2, -0.15) is 0 Å². The minimum Gasteiger partial charge on any atom is -0.381 e. The van der Waals surface area contributed by atoms with Crippen LogP contribution in [0.1, 0.15) is 58.9 Å².